The Morgan fingerprint density at radius 3 is 2.61 bits per heavy atom. The van der Waals surface area contributed by atoms with Gasteiger partial charge >= 0.3 is 5.97 Å². The summed E-state index contributed by atoms with van der Waals surface area (Å²) < 4.78 is 5.09. The zero-order chi connectivity index (χ0) is 13.8. The van der Waals surface area contributed by atoms with Crippen molar-refractivity contribution in [3.05, 3.63) is 11.7 Å². The van der Waals surface area contributed by atoms with E-state index in [4.69, 9.17) is 4.52 Å². The Kier molecular flexibility index (Phi) is 4.84. The van der Waals surface area contributed by atoms with Crippen LogP contribution in [-0.2, 0) is 17.8 Å². The molecular formula is C12H21N3O3. The lowest BCUT2D eigenvalue weighted by Crippen LogP contribution is -2.49. The van der Waals surface area contributed by atoms with Crippen molar-refractivity contribution in [3.8, 4) is 0 Å². The summed E-state index contributed by atoms with van der Waals surface area (Å²) in [5.74, 6) is 0.285. The Balaban J connectivity index is 2.76. The maximum atomic E-state index is 11.2. The molecule has 0 amide bonds. The van der Waals surface area contributed by atoms with E-state index in [1.54, 1.807) is 18.7 Å². The molecule has 18 heavy (non-hydrogen) atoms. The zero-order valence-electron chi connectivity index (χ0n) is 11.4. The molecule has 1 rings (SSSR count). The molecule has 0 radical (unpaired) electrons. The summed E-state index contributed by atoms with van der Waals surface area (Å²) in [5, 5.41) is 13.1. The van der Waals surface area contributed by atoms with E-state index in [9.17, 15) is 9.90 Å². The van der Waals surface area contributed by atoms with Crippen LogP contribution in [0.25, 0.3) is 0 Å². The predicted molar refractivity (Wildman–Crippen MR) is 66.1 cm³/mol. The van der Waals surface area contributed by atoms with Crippen molar-refractivity contribution >= 4 is 5.97 Å². The molecule has 1 heterocycles. The van der Waals surface area contributed by atoms with Crippen LogP contribution in [0.5, 0.6) is 0 Å². The fraction of sp³-hybridized carbons (Fsp3) is 0.750. The molecule has 6 heteroatoms. The summed E-state index contributed by atoms with van der Waals surface area (Å²) in [4.78, 5) is 17.3. The van der Waals surface area contributed by atoms with Crippen molar-refractivity contribution in [2.45, 2.75) is 52.6 Å². The van der Waals surface area contributed by atoms with Crippen LogP contribution in [0.15, 0.2) is 4.52 Å². The Morgan fingerprint density at radius 2 is 2.11 bits per heavy atom. The number of nitrogens with zero attached hydrogens (tertiary/aromatic N) is 3. The molecule has 1 aromatic rings. The van der Waals surface area contributed by atoms with E-state index in [1.807, 2.05) is 13.8 Å². The molecule has 0 spiro atoms. The van der Waals surface area contributed by atoms with Crippen molar-refractivity contribution in [3.63, 3.8) is 0 Å². The minimum atomic E-state index is -0.944. The van der Waals surface area contributed by atoms with Gasteiger partial charge in [0.1, 0.15) is 5.54 Å². The summed E-state index contributed by atoms with van der Waals surface area (Å²) >= 11 is 0. The van der Waals surface area contributed by atoms with Gasteiger partial charge in [-0.2, -0.15) is 4.98 Å². The van der Waals surface area contributed by atoms with E-state index in [1.165, 1.54) is 0 Å². The van der Waals surface area contributed by atoms with Gasteiger partial charge < -0.3 is 9.63 Å². The highest BCUT2D eigenvalue weighted by molar-refractivity contribution is 5.77. The third-order valence-electron chi connectivity index (χ3n) is 3.00. The van der Waals surface area contributed by atoms with Gasteiger partial charge in [-0.3, -0.25) is 9.69 Å². The van der Waals surface area contributed by atoms with Gasteiger partial charge in [-0.25, -0.2) is 0 Å². The highest BCUT2D eigenvalue weighted by Gasteiger charge is 2.34. The number of hydrogen-bond donors (Lipinski definition) is 1. The lowest BCUT2D eigenvalue weighted by Gasteiger charge is -2.32. The smallest absolute Gasteiger partial charge is 0.323 e. The average molecular weight is 255 g/mol. The number of carboxylic acid groups (broad SMARTS) is 1. The van der Waals surface area contributed by atoms with Gasteiger partial charge in [0, 0.05) is 6.42 Å². The highest BCUT2D eigenvalue weighted by Crippen LogP contribution is 2.17. The second-order valence-corrected chi connectivity index (χ2v) is 4.73. The van der Waals surface area contributed by atoms with Gasteiger partial charge in [0.15, 0.2) is 5.82 Å². The maximum Gasteiger partial charge on any atom is 0.323 e. The molecule has 0 unspecified atom stereocenters. The summed E-state index contributed by atoms with van der Waals surface area (Å²) in [7, 11) is 0. The summed E-state index contributed by atoms with van der Waals surface area (Å²) in [6.07, 6.45) is 1.70. The zero-order valence-corrected chi connectivity index (χ0v) is 11.4. The van der Waals surface area contributed by atoms with Gasteiger partial charge in [-0.15, -0.1) is 0 Å². The molecule has 0 aliphatic carbocycles. The van der Waals surface area contributed by atoms with E-state index in [0.29, 0.717) is 24.8 Å². The molecule has 0 fully saturated rings. The third kappa shape index (κ3) is 3.29. The minimum absolute atomic E-state index is 0.378. The van der Waals surface area contributed by atoms with Crippen molar-refractivity contribution < 1.29 is 14.4 Å². The minimum Gasteiger partial charge on any atom is -0.480 e. The van der Waals surface area contributed by atoms with Crippen LogP contribution >= 0.6 is 0 Å². The van der Waals surface area contributed by atoms with Crippen LogP contribution in [0, 0.1) is 0 Å². The number of likely N-dealkylation sites (N-methyl/N-ethyl adjacent to an activating group) is 1. The molecule has 0 aliphatic heterocycles. The van der Waals surface area contributed by atoms with E-state index < -0.39 is 11.5 Å². The van der Waals surface area contributed by atoms with Crippen LogP contribution in [-0.4, -0.2) is 38.2 Å². The van der Waals surface area contributed by atoms with E-state index in [0.717, 1.165) is 12.8 Å². The van der Waals surface area contributed by atoms with Crippen LogP contribution in [0.3, 0.4) is 0 Å². The molecule has 0 aliphatic rings. The number of carboxylic acids is 1. The largest absolute Gasteiger partial charge is 0.480 e. The Morgan fingerprint density at radius 1 is 1.44 bits per heavy atom. The SMILES string of the molecule is CCCc1nc(CN(CC)C(C)(C)C(=O)O)no1. The van der Waals surface area contributed by atoms with Crippen LogP contribution in [0.2, 0.25) is 0 Å². The first-order valence-electron chi connectivity index (χ1n) is 6.21. The average Bonchev–Trinajstić information content (AvgIpc) is 2.73. The molecular weight excluding hydrogens is 234 g/mol. The van der Waals surface area contributed by atoms with E-state index >= 15 is 0 Å². The van der Waals surface area contributed by atoms with Crippen molar-refractivity contribution in [1.82, 2.24) is 15.0 Å². The monoisotopic (exact) mass is 255 g/mol. The fourth-order valence-electron chi connectivity index (χ4n) is 1.68. The van der Waals surface area contributed by atoms with Gasteiger partial charge in [-0.05, 0) is 26.8 Å². The van der Waals surface area contributed by atoms with Gasteiger partial charge in [0.25, 0.3) is 0 Å². The molecule has 1 aromatic heterocycles. The molecule has 0 bridgehead atoms. The van der Waals surface area contributed by atoms with Crippen LogP contribution in [0.4, 0.5) is 0 Å². The number of aryl methyl sites for hydroxylation is 1. The first-order valence-corrected chi connectivity index (χ1v) is 6.21. The van der Waals surface area contributed by atoms with Gasteiger partial charge in [0.05, 0.1) is 6.54 Å². The summed E-state index contributed by atoms with van der Waals surface area (Å²) in [6.45, 7) is 8.28. The van der Waals surface area contributed by atoms with Crippen molar-refractivity contribution in [1.29, 1.82) is 0 Å². The van der Waals surface area contributed by atoms with E-state index in [-0.39, 0.29) is 0 Å². The molecule has 0 atom stereocenters. The Labute approximate surface area is 107 Å². The van der Waals surface area contributed by atoms with Crippen LogP contribution in [0.1, 0.15) is 45.8 Å². The fourth-order valence-corrected chi connectivity index (χ4v) is 1.68. The number of aromatic nitrogens is 2. The number of aliphatic carboxylic acids is 1. The highest BCUT2D eigenvalue weighted by atomic mass is 16.5. The number of hydrogen-bond acceptors (Lipinski definition) is 5. The summed E-state index contributed by atoms with van der Waals surface area (Å²) in [6, 6.07) is 0. The Hall–Kier alpha value is -1.43. The quantitative estimate of drug-likeness (QED) is 0.799. The molecule has 0 saturated carbocycles. The van der Waals surface area contributed by atoms with Crippen molar-refractivity contribution in [2.75, 3.05) is 6.54 Å². The maximum absolute atomic E-state index is 11.2. The van der Waals surface area contributed by atoms with Crippen molar-refractivity contribution in [2.24, 2.45) is 0 Å². The lowest BCUT2D eigenvalue weighted by molar-refractivity contribution is -0.149. The number of carbonyl (C=O) groups is 1. The molecule has 0 aromatic carbocycles. The third-order valence-corrected chi connectivity index (χ3v) is 3.00. The predicted octanol–water partition coefficient (Wildman–Crippen LogP) is 1.71. The molecule has 0 saturated heterocycles. The Bertz CT molecular complexity index is 401. The second kappa shape index (κ2) is 5.95. The van der Waals surface area contributed by atoms with Crippen LogP contribution < -0.4 is 0 Å². The topological polar surface area (TPSA) is 79.5 Å². The van der Waals surface area contributed by atoms with E-state index in [2.05, 4.69) is 10.1 Å². The first kappa shape index (κ1) is 14.6. The normalized spacial score (nSPS) is 12.1. The lowest BCUT2D eigenvalue weighted by atomic mass is 10.0. The number of rotatable bonds is 7. The van der Waals surface area contributed by atoms with Gasteiger partial charge in [0.2, 0.25) is 5.89 Å². The standard InChI is InChI=1S/C12H21N3O3/c1-5-7-10-13-9(14-18-10)8-15(6-2)12(3,4)11(16)17/h5-8H2,1-4H3,(H,16,17). The molecule has 1 N–H and O–H groups in total. The van der Waals surface area contributed by atoms with Gasteiger partial charge in [-0.1, -0.05) is 19.0 Å². The first-order chi connectivity index (χ1) is 8.41. The summed E-state index contributed by atoms with van der Waals surface area (Å²) in [5.41, 5.74) is -0.944. The molecule has 102 valence electrons. The second-order valence-electron chi connectivity index (χ2n) is 4.73. The molecule has 6 nitrogen and oxygen atoms in total.